The summed E-state index contributed by atoms with van der Waals surface area (Å²) in [5, 5.41) is 12.5. The molecular weight excluding hydrogens is 266 g/mol. The van der Waals surface area contributed by atoms with Gasteiger partial charge in [0, 0.05) is 43.4 Å². The summed E-state index contributed by atoms with van der Waals surface area (Å²) >= 11 is 0. The quantitative estimate of drug-likeness (QED) is 0.840. The van der Waals surface area contributed by atoms with Crippen LogP contribution in [0.2, 0.25) is 0 Å². The lowest BCUT2D eigenvalue weighted by molar-refractivity contribution is 0.0781. The molecule has 0 bridgehead atoms. The van der Waals surface area contributed by atoms with Crippen LogP contribution in [0.1, 0.15) is 42.7 Å². The number of carbonyl (C=O) groups is 1. The Bertz CT molecular complexity index is 490. The summed E-state index contributed by atoms with van der Waals surface area (Å²) < 4.78 is 0. The average molecular weight is 291 g/mol. The largest absolute Gasteiger partial charge is 0.396 e. The SMILES string of the molecule is CCCNc1cc(C(=O)N2CCC(CO)C2)cc(CC)n1. The molecule has 1 saturated heterocycles. The van der Waals surface area contributed by atoms with Crippen molar-refractivity contribution < 1.29 is 9.90 Å². The highest BCUT2D eigenvalue weighted by molar-refractivity contribution is 5.95. The number of hydrogen-bond acceptors (Lipinski definition) is 4. The maximum Gasteiger partial charge on any atom is 0.254 e. The number of hydrogen-bond donors (Lipinski definition) is 2. The Morgan fingerprint density at radius 3 is 2.90 bits per heavy atom. The molecule has 1 amide bonds. The second-order valence-electron chi connectivity index (χ2n) is 5.60. The summed E-state index contributed by atoms with van der Waals surface area (Å²) in [7, 11) is 0. The highest BCUT2D eigenvalue weighted by Gasteiger charge is 2.26. The van der Waals surface area contributed by atoms with Gasteiger partial charge in [0.1, 0.15) is 5.82 Å². The number of likely N-dealkylation sites (tertiary alicyclic amines) is 1. The molecule has 0 radical (unpaired) electrons. The van der Waals surface area contributed by atoms with Gasteiger partial charge >= 0.3 is 0 Å². The molecule has 1 aliphatic rings. The summed E-state index contributed by atoms with van der Waals surface area (Å²) in [6.07, 6.45) is 2.71. The lowest BCUT2D eigenvalue weighted by Gasteiger charge is -2.17. The molecular formula is C16H25N3O2. The highest BCUT2D eigenvalue weighted by atomic mass is 16.3. The van der Waals surface area contributed by atoms with Gasteiger partial charge in [-0.05, 0) is 31.4 Å². The smallest absolute Gasteiger partial charge is 0.254 e. The van der Waals surface area contributed by atoms with Crippen LogP contribution >= 0.6 is 0 Å². The van der Waals surface area contributed by atoms with E-state index in [-0.39, 0.29) is 18.4 Å². The van der Waals surface area contributed by atoms with Crippen molar-refractivity contribution in [3.8, 4) is 0 Å². The van der Waals surface area contributed by atoms with Crippen molar-refractivity contribution in [1.29, 1.82) is 0 Å². The Kier molecular flexibility index (Phi) is 5.56. The monoisotopic (exact) mass is 291 g/mol. The molecule has 1 fully saturated rings. The third-order valence-corrected chi connectivity index (χ3v) is 3.87. The number of nitrogens with zero attached hydrogens (tertiary/aromatic N) is 2. The van der Waals surface area contributed by atoms with Crippen molar-refractivity contribution in [3.63, 3.8) is 0 Å². The van der Waals surface area contributed by atoms with Gasteiger partial charge in [0.05, 0.1) is 0 Å². The van der Waals surface area contributed by atoms with Crippen LogP contribution in [0.5, 0.6) is 0 Å². The predicted molar refractivity (Wildman–Crippen MR) is 83.5 cm³/mol. The molecule has 2 heterocycles. The third kappa shape index (κ3) is 3.94. The van der Waals surface area contributed by atoms with Crippen LogP contribution < -0.4 is 5.32 Å². The number of aromatic nitrogens is 1. The van der Waals surface area contributed by atoms with Crippen LogP contribution in [0.25, 0.3) is 0 Å². The van der Waals surface area contributed by atoms with Gasteiger partial charge in [-0.25, -0.2) is 4.98 Å². The topological polar surface area (TPSA) is 65.5 Å². The number of anilines is 1. The molecule has 1 unspecified atom stereocenters. The highest BCUT2D eigenvalue weighted by Crippen LogP contribution is 2.20. The van der Waals surface area contributed by atoms with Crippen molar-refractivity contribution in [2.75, 3.05) is 31.6 Å². The van der Waals surface area contributed by atoms with Gasteiger partial charge in [0.25, 0.3) is 5.91 Å². The number of carbonyl (C=O) groups excluding carboxylic acids is 1. The van der Waals surface area contributed by atoms with Gasteiger partial charge in [-0.2, -0.15) is 0 Å². The summed E-state index contributed by atoms with van der Waals surface area (Å²) in [5.41, 5.74) is 1.62. The molecule has 1 aromatic heterocycles. The Balaban J connectivity index is 2.15. The van der Waals surface area contributed by atoms with Gasteiger partial charge in [0.15, 0.2) is 0 Å². The zero-order valence-electron chi connectivity index (χ0n) is 12.9. The number of amides is 1. The molecule has 5 nitrogen and oxygen atoms in total. The van der Waals surface area contributed by atoms with E-state index in [9.17, 15) is 9.90 Å². The van der Waals surface area contributed by atoms with Crippen molar-refractivity contribution in [3.05, 3.63) is 23.4 Å². The van der Waals surface area contributed by atoms with Crippen LogP contribution in [-0.4, -0.2) is 47.1 Å². The van der Waals surface area contributed by atoms with E-state index in [4.69, 9.17) is 0 Å². The Hall–Kier alpha value is -1.62. The number of aliphatic hydroxyl groups is 1. The predicted octanol–water partition coefficient (Wildman–Crippen LogP) is 1.92. The van der Waals surface area contributed by atoms with Crippen molar-refractivity contribution in [1.82, 2.24) is 9.88 Å². The maximum absolute atomic E-state index is 12.6. The standard InChI is InChI=1S/C16H25N3O2/c1-3-6-17-15-9-13(8-14(4-2)18-15)16(21)19-7-5-12(10-19)11-20/h8-9,12,20H,3-7,10-11H2,1-2H3,(H,17,18). The van der Waals surface area contributed by atoms with E-state index in [2.05, 4.69) is 17.2 Å². The summed E-state index contributed by atoms with van der Waals surface area (Å²) in [5.74, 6) is 1.04. The Morgan fingerprint density at radius 1 is 1.48 bits per heavy atom. The van der Waals surface area contributed by atoms with E-state index in [1.54, 1.807) is 0 Å². The van der Waals surface area contributed by atoms with Gasteiger partial charge < -0.3 is 15.3 Å². The number of nitrogens with one attached hydrogen (secondary N) is 1. The maximum atomic E-state index is 12.6. The second-order valence-corrected chi connectivity index (χ2v) is 5.60. The van der Waals surface area contributed by atoms with Gasteiger partial charge in [0.2, 0.25) is 0 Å². The first-order chi connectivity index (χ1) is 10.2. The molecule has 116 valence electrons. The Labute approximate surface area is 126 Å². The molecule has 0 saturated carbocycles. The number of aliphatic hydroxyl groups excluding tert-OH is 1. The van der Waals surface area contributed by atoms with E-state index in [1.165, 1.54) is 0 Å². The van der Waals surface area contributed by atoms with Gasteiger partial charge in [-0.15, -0.1) is 0 Å². The third-order valence-electron chi connectivity index (χ3n) is 3.87. The molecule has 1 atom stereocenters. The molecule has 2 rings (SSSR count). The van der Waals surface area contributed by atoms with Crippen molar-refractivity contribution in [2.45, 2.75) is 33.1 Å². The Morgan fingerprint density at radius 2 is 2.29 bits per heavy atom. The molecule has 5 heteroatoms. The first-order valence-corrected chi connectivity index (χ1v) is 7.82. The molecule has 1 aromatic rings. The van der Waals surface area contributed by atoms with E-state index in [0.29, 0.717) is 12.1 Å². The van der Waals surface area contributed by atoms with Crippen LogP contribution in [0.15, 0.2) is 12.1 Å². The summed E-state index contributed by atoms with van der Waals surface area (Å²) in [4.78, 5) is 18.9. The molecule has 0 aromatic carbocycles. The second kappa shape index (κ2) is 7.41. The average Bonchev–Trinajstić information content (AvgIpc) is 3.00. The molecule has 0 spiro atoms. The fourth-order valence-corrected chi connectivity index (χ4v) is 2.58. The lowest BCUT2D eigenvalue weighted by atomic mass is 10.1. The van der Waals surface area contributed by atoms with E-state index < -0.39 is 0 Å². The van der Waals surface area contributed by atoms with Gasteiger partial charge in [-0.1, -0.05) is 13.8 Å². The number of rotatable bonds is 6. The van der Waals surface area contributed by atoms with Crippen LogP contribution in [0, 0.1) is 5.92 Å². The van der Waals surface area contributed by atoms with Crippen LogP contribution in [0.4, 0.5) is 5.82 Å². The normalized spacial score (nSPS) is 18.0. The van der Waals surface area contributed by atoms with Gasteiger partial charge in [-0.3, -0.25) is 4.79 Å². The molecule has 21 heavy (non-hydrogen) atoms. The van der Waals surface area contributed by atoms with E-state index >= 15 is 0 Å². The van der Waals surface area contributed by atoms with Crippen molar-refractivity contribution in [2.24, 2.45) is 5.92 Å². The first kappa shape index (κ1) is 15.8. The zero-order chi connectivity index (χ0) is 15.2. The zero-order valence-corrected chi connectivity index (χ0v) is 12.9. The number of pyridine rings is 1. The number of aryl methyl sites for hydroxylation is 1. The fourth-order valence-electron chi connectivity index (χ4n) is 2.58. The minimum Gasteiger partial charge on any atom is -0.396 e. The van der Waals surface area contributed by atoms with E-state index in [1.807, 2.05) is 24.0 Å². The van der Waals surface area contributed by atoms with Crippen LogP contribution in [0.3, 0.4) is 0 Å². The lowest BCUT2D eigenvalue weighted by Crippen LogP contribution is -2.29. The minimum atomic E-state index is 0.0441. The fraction of sp³-hybridized carbons (Fsp3) is 0.625. The summed E-state index contributed by atoms with van der Waals surface area (Å²) in [6.45, 7) is 6.52. The molecule has 0 aliphatic carbocycles. The minimum absolute atomic E-state index is 0.0441. The summed E-state index contributed by atoms with van der Waals surface area (Å²) in [6, 6.07) is 3.72. The van der Waals surface area contributed by atoms with Crippen LogP contribution in [-0.2, 0) is 6.42 Å². The van der Waals surface area contributed by atoms with Crippen molar-refractivity contribution >= 4 is 11.7 Å². The molecule has 1 aliphatic heterocycles. The van der Waals surface area contributed by atoms with E-state index in [0.717, 1.165) is 43.9 Å². The molecule has 2 N–H and O–H groups in total. The first-order valence-electron chi connectivity index (χ1n) is 7.82.